The zero-order valence-electron chi connectivity index (χ0n) is 20.0. The highest BCUT2D eigenvalue weighted by Gasteiger charge is 2.38. The standard InChI is InChI=1S/C24H29N5O6/c1-13(30)25-10-16-11-29(23(32)34-16)15-7-8-17-14(9-15)5-4-6-18-20(17)27-28-21(18)26-22(31)19-12-33-24(2,3)35-19/h7-9,16,19H,4-6,10-12H2,1-3H3,(H,25,30)(H2,26,27,28,31)/t16-,19?/m0/s1. The lowest BCUT2D eigenvalue weighted by Gasteiger charge is -2.16. The molecular formula is C24H29N5O6. The molecule has 2 aromatic rings. The smallest absolute Gasteiger partial charge is 0.414 e. The van der Waals surface area contributed by atoms with Crippen molar-refractivity contribution in [1.82, 2.24) is 15.5 Å². The predicted molar refractivity (Wildman–Crippen MR) is 126 cm³/mol. The number of fused-ring (bicyclic) bond motifs is 3. The zero-order chi connectivity index (χ0) is 24.7. The Labute approximate surface area is 202 Å². The topological polar surface area (TPSA) is 135 Å². The Morgan fingerprint density at radius 3 is 2.86 bits per heavy atom. The molecule has 35 heavy (non-hydrogen) atoms. The number of carbonyl (C=O) groups is 3. The molecule has 186 valence electrons. The minimum absolute atomic E-state index is 0.164. The third kappa shape index (κ3) is 4.73. The summed E-state index contributed by atoms with van der Waals surface area (Å²) in [6.45, 7) is 5.83. The number of hydrogen-bond acceptors (Lipinski definition) is 7. The van der Waals surface area contributed by atoms with Gasteiger partial charge in [0.1, 0.15) is 6.10 Å². The molecule has 0 spiro atoms. The number of aromatic nitrogens is 2. The maximum absolute atomic E-state index is 12.7. The van der Waals surface area contributed by atoms with E-state index in [9.17, 15) is 14.4 Å². The second kappa shape index (κ2) is 8.97. The van der Waals surface area contributed by atoms with Gasteiger partial charge in [0.2, 0.25) is 5.91 Å². The number of aryl methyl sites for hydroxylation is 1. The summed E-state index contributed by atoms with van der Waals surface area (Å²) in [6.07, 6.45) is 0.900. The summed E-state index contributed by atoms with van der Waals surface area (Å²) in [6, 6.07) is 5.84. The molecule has 3 heterocycles. The predicted octanol–water partition coefficient (Wildman–Crippen LogP) is 2.12. The molecule has 0 radical (unpaired) electrons. The van der Waals surface area contributed by atoms with Gasteiger partial charge in [0.15, 0.2) is 17.7 Å². The number of cyclic esters (lactones) is 1. The lowest BCUT2D eigenvalue weighted by Crippen LogP contribution is -2.33. The monoisotopic (exact) mass is 483 g/mol. The molecule has 3 aliphatic rings. The highest BCUT2D eigenvalue weighted by atomic mass is 16.7. The van der Waals surface area contributed by atoms with Crippen molar-refractivity contribution in [2.75, 3.05) is 29.9 Å². The quantitative estimate of drug-likeness (QED) is 0.593. The molecule has 2 atom stereocenters. The number of H-pyrrole nitrogens is 1. The van der Waals surface area contributed by atoms with E-state index in [1.165, 1.54) is 6.92 Å². The van der Waals surface area contributed by atoms with E-state index in [1.54, 1.807) is 18.7 Å². The molecule has 3 amide bonds. The molecule has 2 fully saturated rings. The number of carbonyl (C=O) groups excluding carboxylic acids is 3. The second-order valence-corrected chi connectivity index (χ2v) is 9.48. The fourth-order valence-electron chi connectivity index (χ4n) is 4.70. The van der Waals surface area contributed by atoms with E-state index < -0.39 is 24.1 Å². The number of nitrogens with zero attached hydrogens (tertiary/aromatic N) is 2. The number of benzene rings is 1. The summed E-state index contributed by atoms with van der Waals surface area (Å²) in [7, 11) is 0. The van der Waals surface area contributed by atoms with E-state index in [0.29, 0.717) is 12.4 Å². The average Bonchev–Trinajstić information content (AvgIpc) is 3.45. The third-order valence-electron chi connectivity index (χ3n) is 6.41. The number of anilines is 2. The van der Waals surface area contributed by atoms with Gasteiger partial charge in [0.05, 0.1) is 25.4 Å². The fraction of sp³-hybridized carbons (Fsp3) is 0.500. The van der Waals surface area contributed by atoms with Crippen LogP contribution in [0.25, 0.3) is 11.3 Å². The number of aromatic amines is 1. The van der Waals surface area contributed by atoms with Crippen LogP contribution in [-0.2, 0) is 36.6 Å². The zero-order valence-corrected chi connectivity index (χ0v) is 20.0. The van der Waals surface area contributed by atoms with Gasteiger partial charge in [-0.3, -0.25) is 19.6 Å². The molecule has 3 N–H and O–H groups in total. The Balaban J connectivity index is 1.33. The van der Waals surface area contributed by atoms with Crippen LogP contribution in [0.1, 0.15) is 38.3 Å². The van der Waals surface area contributed by atoms with Crippen molar-refractivity contribution in [1.29, 1.82) is 0 Å². The highest BCUT2D eigenvalue weighted by molar-refractivity contribution is 5.95. The van der Waals surface area contributed by atoms with Gasteiger partial charge < -0.3 is 24.8 Å². The van der Waals surface area contributed by atoms with Crippen molar-refractivity contribution in [3.63, 3.8) is 0 Å². The van der Waals surface area contributed by atoms with Gasteiger partial charge in [-0.25, -0.2) is 4.79 Å². The molecule has 5 rings (SSSR count). The highest BCUT2D eigenvalue weighted by Crippen LogP contribution is 2.37. The van der Waals surface area contributed by atoms with E-state index >= 15 is 0 Å². The first-order chi connectivity index (χ1) is 16.7. The van der Waals surface area contributed by atoms with Gasteiger partial charge in [0, 0.05) is 23.7 Å². The SMILES string of the molecule is CC(=O)NC[C@H]1CN(c2ccc3c(c2)CCCc2c(NC(=O)C4COC(C)(C)O4)n[nH]c2-3)C(=O)O1. The van der Waals surface area contributed by atoms with E-state index in [0.717, 1.165) is 47.3 Å². The van der Waals surface area contributed by atoms with Crippen molar-refractivity contribution in [2.24, 2.45) is 0 Å². The minimum Gasteiger partial charge on any atom is -0.442 e. The molecule has 1 aromatic carbocycles. The molecular weight excluding hydrogens is 454 g/mol. The molecule has 1 aliphatic carbocycles. The van der Waals surface area contributed by atoms with Gasteiger partial charge >= 0.3 is 6.09 Å². The Morgan fingerprint density at radius 2 is 2.11 bits per heavy atom. The van der Waals surface area contributed by atoms with Crippen molar-refractivity contribution >= 4 is 29.4 Å². The number of amides is 3. The first-order valence-corrected chi connectivity index (χ1v) is 11.8. The van der Waals surface area contributed by atoms with Crippen LogP contribution in [0.3, 0.4) is 0 Å². The Bertz CT molecular complexity index is 1180. The largest absolute Gasteiger partial charge is 0.442 e. The van der Waals surface area contributed by atoms with E-state index in [-0.39, 0.29) is 25.0 Å². The van der Waals surface area contributed by atoms with Gasteiger partial charge in [-0.2, -0.15) is 5.10 Å². The van der Waals surface area contributed by atoms with Crippen LogP contribution in [0.15, 0.2) is 18.2 Å². The molecule has 1 unspecified atom stereocenters. The van der Waals surface area contributed by atoms with Gasteiger partial charge in [-0.05, 0) is 50.8 Å². The van der Waals surface area contributed by atoms with Crippen molar-refractivity contribution in [3.05, 3.63) is 29.3 Å². The molecule has 11 heteroatoms. The first-order valence-electron chi connectivity index (χ1n) is 11.8. The minimum atomic E-state index is -0.785. The van der Waals surface area contributed by atoms with Crippen molar-refractivity contribution in [3.8, 4) is 11.3 Å². The molecule has 0 bridgehead atoms. The van der Waals surface area contributed by atoms with Crippen LogP contribution >= 0.6 is 0 Å². The number of nitrogens with one attached hydrogen (secondary N) is 3. The fourth-order valence-corrected chi connectivity index (χ4v) is 4.70. The second-order valence-electron chi connectivity index (χ2n) is 9.48. The normalized spacial score (nSPS) is 22.7. The maximum atomic E-state index is 12.7. The molecule has 1 aromatic heterocycles. The number of rotatable bonds is 5. The van der Waals surface area contributed by atoms with Crippen LogP contribution in [0.4, 0.5) is 16.3 Å². The molecule has 2 aliphatic heterocycles. The van der Waals surface area contributed by atoms with Crippen LogP contribution in [-0.4, -0.2) is 65.8 Å². The van der Waals surface area contributed by atoms with Crippen LogP contribution in [0, 0.1) is 0 Å². The first kappa shape index (κ1) is 23.3. The summed E-state index contributed by atoms with van der Waals surface area (Å²) >= 11 is 0. The molecule has 0 saturated carbocycles. The maximum Gasteiger partial charge on any atom is 0.414 e. The Hall–Kier alpha value is -3.44. The number of hydrogen-bond donors (Lipinski definition) is 3. The van der Waals surface area contributed by atoms with Crippen LogP contribution in [0.5, 0.6) is 0 Å². The van der Waals surface area contributed by atoms with Gasteiger partial charge in [0.25, 0.3) is 5.91 Å². The summed E-state index contributed by atoms with van der Waals surface area (Å²) in [4.78, 5) is 37.9. The Morgan fingerprint density at radius 1 is 1.29 bits per heavy atom. The average molecular weight is 484 g/mol. The lowest BCUT2D eigenvalue weighted by molar-refractivity contribution is -0.150. The van der Waals surface area contributed by atoms with Gasteiger partial charge in [-0.15, -0.1) is 0 Å². The Kier molecular flexibility index (Phi) is 5.97. The summed E-state index contributed by atoms with van der Waals surface area (Å²) in [5, 5.41) is 13.0. The van der Waals surface area contributed by atoms with Gasteiger partial charge in [-0.1, -0.05) is 6.07 Å². The van der Waals surface area contributed by atoms with Crippen molar-refractivity contribution < 1.29 is 28.6 Å². The molecule has 11 nitrogen and oxygen atoms in total. The summed E-state index contributed by atoms with van der Waals surface area (Å²) < 4.78 is 16.5. The number of ether oxygens (including phenoxy) is 3. The summed E-state index contributed by atoms with van der Waals surface area (Å²) in [5.41, 5.74) is 4.61. The van der Waals surface area contributed by atoms with Crippen molar-refractivity contribution in [2.45, 2.75) is 58.0 Å². The third-order valence-corrected chi connectivity index (χ3v) is 6.41. The summed E-state index contributed by atoms with van der Waals surface area (Å²) in [5.74, 6) is -0.735. The lowest BCUT2D eigenvalue weighted by atomic mass is 10.0. The van der Waals surface area contributed by atoms with Crippen LogP contribution in [0.2, 0.25) is 0 Å². The van der Waals surface area contributed by atoms with E-state index in [4.69, 9.17) is 14.2 Å². The van der Waals surface area contributed by atoms with E-state index in [2.05, 4.69) is 20.8 Å². The van der Waals surface area contributed by atoms with E-state index in [1.807, 2.05) is 18.2 Å². The van der Waals surface area contributed by atoms with Crippen LogP contribution < -0.4 is 15.5 Å². The molecule has 2 saturated heterocycles.